The lowest BCUT2D eigenvalue weighted by Crippen LogP contribution is -2.37. The number of hydrogen-bond acceptors (Lipinski definition) is 2. The maximum absolute atomic E-state index is 4.53. The molecule has 0 saturated carbocycles. The van der Waals surface area contributed by atoms with E-state index in [-0.39, 0.29) is 5.41 Å². The van der Waals surface area contributed by atoms with E-state index in [4.69, 9.17) is 0 Å². The predicted molar refractivity (Wildman–Crippen MR) is 64.5 cm³/mol. The quantitative estimate of drug-likeness (QED) is 0.781. The summed E-state index contributed by atoms with van der Waals surface area (Å²) in [6.45, 7) is 8.50. The molecule has 2 heteroatoms. The van der Waals surface area contributed by atoms with Crippen LogP contribution in [0.25, 0.3) is 0 Å². The van der Waals surface area contributed by atoms with Crippen molar-refractivity contribution in [3.63, 3.8) is 0 Å². The van der Waals surface area contributed by atoms with Gasteiger partial charge in [-0.3, -0.25) is 4.99 Å². The maximum Gasteiger partial charge on any atom is 0.107 e. The molecule has 1 N–H and O–H groups in total. The van der Waals surface area contributed by atoms with E-state index in [1.54, 1.807) is 0 Å². The Morgan fingerprint density at radius 2 is 2.00 bits per heavy atom. The summed E-state index contributed by atoms with van der Waals surface area (Å²) in [7, 11) is 0. The minimum atomic E-state index is 0.00183. The number of aryl methyl sites for hydroxylation is 1. The van der Waals surface area contributed by atoms with Crippen LogP contribution in [0.1, 0.15) is 25.0 Å². The normalized spacial score (nSPS) is 16.1. The van der Waals surface area contributed by atoms with E-state index < -0.39 is 0 Å². The molecule has 1 aromatic carbocycles. The van der Waals surface area contributed by atoms with E-state index >= 15 is 0 Å². The van der Waals surface area contributed by atoms with Gasteiger partial charge in [0.25, 0.3) is 0 Å². The van der Waals surface area contributed by atoms with Gasteiger partial charge in [0.1, 0.15) is 5.84 Å². The van der Waals surface area contributed by atoms with Crippen LogP contribution in [0.2, 0.25) is 0 Å². The monoisotopic (exact) mass is 202 g/mol. The fourth-order valence-electron chi connectivity index (χ4n) is 2.22. The second kappa shape index (κ2) is 3.69. The number of rotatable bonds is 2. The van der Waals surface area contributed by atoms with Crippen molar-refractivity contribution >= 4 is 5.84 Å². The third-order valence-electron chi connectivity index (χ3n) is 3.08. The molecule has 0 unspecified atom stereocenters. The van der Waals surface area contributed by atoms with Gasteiger partial charge in [-0.15, -0.1) is 0 Å². The lowest BCUT2D eigenvalue weighted by molar-refractivity contribution is 0.689. The first kappa shape index (κ1) is 10.2. The molecule has 0 spiro atoms. The largest absolute Gasteiger partial charge is 0.371 e. The Bertz CT molecular complexity index is 391. The van der Waals surface area contributed by atoms with E-state index in [0.717, 1.165) is 18.9 Å². The molecule has 0 saturated heterocycles. The number of nitrogens with zero attached hydrogens (tertiary/aromatic N) is 1. The van der Waals surface area contributed by atoms with Crippen molar-refractivity contribution in [3.8, 4) is 0 Å². The number of hydrogen-bond donors (Lipinski definition) is 1. The number of aliphatic imine (C=N–C) groups is 1. The van der Waals surface area contributed by atoms with Crippen molar-refractivity contribution in [3.05, 3.63) is 35.4 Å². The molecule has 1 aliphatic heterocycles. The van der Waals surface area contributed by atoms with Gasteiger partial charge in [0.2, 0.25) is 0 Å². The molecule has 1 heterocycles. The SMILES string of the molecule is Cc1ccccc1C(C)(C)C1=NCCN1. The van der Waals surface area contributed by atoms with E-state index in [1.165, 1.54) is 11.1 Å². The van der Waals surface area contributed by atoms with E-state index in [1.807, 2.05) is 0 Å². The average molecular weight is 202 g/mol. The van der Waals surface area contributed by atoms with Crippen molar-refractivity contribution in [1.82, 2.24) is 5.32 Å². The molecule has 0 amide bonds. The molecule has 0 aliphatic carbocycles. The van der Waals surface area contributed by atoms with Crippen LogP contribution in [0, 0.1) is 6.92 Å². The number of benzene rings is 1. The molecule has 0 fully saturated rings. The van der Waals surface area contributed by atoms with Crippen molar-refractivity contribution < 1.29 is 0 Å². The molecule has 0 aromatic heterocycles. The van der Waals surface area contributed by atoms with Crippen LogP contribution in [0.15, 0.2) is 29.3 Å². The molecule has 2 rings (SSSR count). The Hall–Kier alpha value is -1.31. The summed E-state index contributed by atoms with van der Waals surface area (Å²) < 4.78 is 0. The summed E-state index contributed by atoms with van der Waals surface area (Å²) in [5.41, 5.74) is 2.69. The Morgan fingerprint density at radius 1 is 1.27 bits per heavy atom. The van der Waals surface area contributed by atoms with Gasteiger partial charge in [0.15, 0.2) is 0 Å². The van der Waals surface area contributed by atoms with Crippen molar-refractivity contribution in [1.29, 1.82) is 0 Å². The van der Waals surface area contributed by atoms with Gasteiger partial charge in [-0.25, -0.2) is 0 Å². The Morgan fingerprint density at radius 3 is 2.60 bits per heavy atom. The molecule has 1 aromatic rings. The minimum Gasteiger partial charge on any atom is -0.371 e. The molecule has 0 bridgehead atoms. The summed E-state index contributed by atoms with van der Waals surface area (Å²) in [6.07, 6.45) is 0. The van der Waals surface area contributed by atoms with E-state index in [0.29, 0.717) is 0 Å². The first-order chi connectivity index (χ1) is 7.12. The lowest BCUT2D eigenvalue weighted by atomic mass is 9.81. The summed E-state index contributed by atoms with van der Waals surface area (Å²) in [6, 6.07) is 8.53. The summed E-state index contributed by atoms with van der Waals surface area (Å²) in [4.78, 5) is 4.53. The van der Waals surface area contributed by atoms with Crippen LogP contribution in [0.3, 0.4) is 0 Å². The molecular weight excluding hydrogens is 184 g/mol. The second-order valence-electron chi connectivity index (χ2n) is 4.60. The summed E-state index contributed by atoms with van der Waals surface area (Å²) in [5.74, 6) is 1.12. The molecule has 1 aliphatic rings. The molecule has 0 atom stereocenters. The molecule has 2 nitrogen and oxygen atoms in total. The summed E-state index contributed by atoms with van der Waals surface area (Å²) in [5, 5.41) is 3.37. The molecular formula is C13H18N2. The molecule has 15 heavy (non-hydrogen) atoms. The van der Waals surface area contributed by atoms with Gasteiger partial charge in [-0.2, -0.15) is 0 Å². The highest BCUT2D eigenvalue weighted by Crippen LogP contribution is 2.27. The van der Waals surface area contributed by atoms with E-state index in [9.17, 15) is 0 Å². The zero-order valence-corrected chi connectivity index (χ0v) is 9.67. The van der Waals surface area contributed by atoms with Crippen LogP contribution in [0.5, 0.6) is 0 Å². The van der Waals surface area contributed by atoms with Gasteiger partial charge in [-0.1, -0.05) is 24.3 Å². The Balaban J connectivity index is 2.41. The smallest absolute Gasteiger partial charge is 0.107 e. The second-order valence-corrected chi connectivity index (χ2v) is 4.60. The van der Waals surface area contributed by atoms with E-state index in [2.05, 4.69) is 55.3 Å². The van der Waals surface area contributed by atoms with Crippen molar-refractivity contribution in [2.45, 2.75) is 26.2 Å². The first-order valence-corrected chi connectivity index (χ1v) is 5.47. The standard InChI is InChI=1S/C13H18N2/c1-10-6-4-5-7-11(10)13(2,3)12-14-8-9-15-12/h4-7H,8-9H2,1-3H3,(H,14,15). The number of amidine groups is 1. The van der Waals surface area contributed by atoms with Crippen LogP contribution in [0.4, 0.5) is 0 Å². The minimum absolute atomic E-state index is 0.00183. The Labute approximate surface area is 91.4 Å². The van der Waals surface area contributed by atoms with Gasteiger partial charge in [0, 0.05) is 12.0 Å². The number of nitrogens with one attached hydrogen (secondary N) is 1. The topological polar surface area (TPSA) is 24.4 Å². The predicted octanol–water partition coefficient (Wildman–Crippen LogP) is 2.27. The fraction of sp³-hybridized carbons (Fsp3) is 0.462. The molecule has 80 valence electrons. The van der Waals surface area contributed by atoms with Gasteiger partial charge < -0.3 is 5.32 Å². The maximum atomic E-state index is 4.53. The highest BCUT2D eigenvalue weighted by atomic mass is 15.1. The average Bonchev–Trinajstić information content (AvgIpc) is 2.71. The Kier molecular flexibility index (Phi) is 2.51. The highest BCUT2D eigenvalue weighted by molar-refractivity contribution is 5.93. The third-order valence-corrected chi connectivity index (χ3v) is 3.08. The zero-order chi connectivity index (χ0) is 10.9. The van der Waals surface area contributed by atoms with Crippen molar-refractivity contribution in [2.75, 3.05) is 13.1 Å². The zero-order valence-electron chi connectivity index (χ0n) is 9.67. The van der Waals surface area contributed by atoms with Crippen LogP contribution < -0.4 is 5.32 Å². The lowest BCUT2D eigenvalue weighted by Gasteiger charge is -2.27. The first-order valence-electron chi connectivity index (χ1n) is 5.47. The van der Waals surface area contributed by atoms with Crippen LogP contribution in [-0.2, 0) is 5.41 Å². The van der Waals surface area contributed by atoms with Gasteiger partial charge in [0.05, 0.1) is 6.54 Å². The fourth-order valence-corrected chi connectivity index (χ4v) is 2.22. The third kappa shape index (κ3) is 1.76. The van der Waals surface area contributed by atoms with Crippen LogP contribution in [-0.4, -0.2) is 18.9 Å². The van der Waals surface area contributed by atoms with Crippen molar-refractivity contribution in [2.24, 2.45) is 4.99 Å². The van der Waals surface area contributed by atoms with Gasteiger partial charge >= 0.3 is 0 Å². The van der Waals surface area contributed by atoms with Gasteiger partial charge in [-0.05, 0) is 31.9 Å². The highest BCUT2D eigenvalue weighted by Gasteiger charge is 2.29. The molecule has 0 radical (unpaired) electrons. The summed E-state index contributed by atoms with van der Waals surface area (Å²) >= 11 is 0. The van der Waals surface area contributed by atoms with Crippen LogP contribution >= 0.6 is 0 Å².